The second-order valence-corrected chi connectivity index (χ2v) is 5.26. The van der Waals surface area contributed by atoms with Crippen molar-refractivity contribution < 1.29 is 23.1 Å². The van der Waals surface area contributed by atoms with Crippen LogP contribution in [0.15, 0.2) is 40.0 Å². The Kier molecular flexibility index (Phi) is 6.19. The highest BCUT2D eigenvalue weighted by Crippen LogP contribution is 2.33. The molecule has 1 atom stereocenters. The van der Waals surface area contributed by atoms with Crippen molar-refractivity contribution in [3.63, 3.8) is 0 Å². The van der Waals surface area contributed by atoms with Gasteiger partial charge in [-0.15, -0.1) is 0 Å². The molecule has 0 aliphatic rings. The molecular weight excluding hydrogens is 353 g/mol. The highest BCUT2D eigenvalue weighted by atomic mass is 35.5. The van der Waals surface area contributed by atoms with E-state index in [4.69, 9.17) is 39.9 Å². The van der Waals surface area contributed by atoms with Gasteiger partial charge < -0.3 is 5.11 Å². The summed E-state index contributed by atoms with van der Waals surface area (Å²) in [6.07, 6.45) is -7.37. The van der Waals surface area contributed by atoms with Gasteiger partial charge in [-0.2, -0.15) is 13.2 Å². The van der Waals surface area contributed by atoms with Gasteiger partial charge in [-0.1, -0.05) is 65.1 Å². The third-order valence-electron chi connectivity index (χ3n) is 2.53. The highest BCUT2D eigenvalue weighted by Gasteiger charge is 2.47. The maximum atomic E-state index is 13.2. The van der Waals surface area contributed by atoms with Crippen molar-refractivity contribution >= 4 is 40.9 Å². The Balaban J connectivity index is 3.23. The van der Waals surface area contributed by atoms with E-state index >= 15 is 0 Å². The van der Waals surface area contributed by atoms with Gasteiger partial charge in [0, 0.05) is 6.42 Å². The third kappa shape index (κ3) is 4.98. The van der Waals surface area contributed by atoms with Gasteiger partial charge in [0.1, 0.15) is 15.7 Å². The summed E-state index contributed by atoms with van der Waals surface area (Å²) in [6.45, 7) is 0. The van der Waals surface area contributed by atoms with Gasteiger partial charge in [-0.05, 0) is 5.56 Å². The largest absolute Gasteiger partial charge is 0.465 e. The molecule has 9 heteroatoms. The molecule has 0 radical (unpaired) electrons. The van der Waals surface area contributed by atoms with E-state index in [9.17, 15) is 18.0 Å². The Bertz CT molecular complexity index is 530. The van der Waals surface area contributed by atoms with Crippen LogP contribution in [0.3, 0.4) is 0 Å². The summed E-state index contributed by atoms with van der Waals surface area (Å²) in [7, 11) is 0. The molecule has 0 bridgehead atoms. The van der Waals surface area contributed by atoms with Crippen molar-refractivity contribution in [2.45, 2.75) is 18.6 Å². The predicted molar refractivity (Wildman–Crippen MR) is 74.4 cm³/mol. The van der Waals surface area contributed by atoms with Crippen LogP contribution in [-0.4, -0.2) is 28.3 Å². The summed E-state index contributed by atoms with van der Waals surface area (Å²) in [5.74, 6) is 0. The minimum atomic E-state index is -4.85. The van der Waals surface area contributed by atoms with Crippen LogP contribution in [0.2, 0.25) is 0 Å². The Morgan fingerprint density at radius 1 is 1.19 bits per heavy atom. The summed E-state index contributed by atoms with van der Waals surface area (Å²) in [4.78, 5) is 11.0. The smallest absolute Gasteiger partial charge is 0.413 e. The molecule has 0 aliphatic heterocycles. The zero-order valence-electron chi connectivity index (χ0n) is 10.2. The van der Waals surface area contributed by atoms with Crippen LogP contribution in [0, 0.1) is 0 Å². The van der Waals surface area contributed by atoms with Crippen LogP contribution in [-0.2, 0) is 6.42 Å². The summed E-state index contributed by atoms with van der Waals surface area (Å²) in [5, 5.41) is 8.10. The first kappa shape index (κ1) is 17.9. The topological polar surface area (TPSA) is 40.5 Å². The lowest BCUT2D eigenvalue weighted by molar-refractivity contribution is -0.172. The average Bonchev–Trinajstić information content (AvgIpc) is 2.37. The van der Waals surface area contributed by atoms with Gasteiger partial charge in [0.15, 0.2) is 0 Å². The third-order valence-corrected chi connectivity index (χ3v) is 3.46. The molecule has 0 unspecified atom stereocenters. The first-order chi connectivity index (χ1) is 9.64. The van der Waals surface area contributed by atoms with E-state index in [1.165, 1.54) is 12.1 Å². The van der Waals surface area contributed by atoms with E-state index in [1.54, 1.807) is 18.2 Å². The molecule has 1 N–H and O–H groups in total. The second kappa shape index (κ2) is 7.24. The van der Waals surface area contributed by atoms with Crippen LogP contribution in [0.25, 0.3) is 0 Å². The molecule has 0 fully saturated rings. The summed E-state index contributed by atoms with van der Waals surface area (Å²) in [6, 6.07) is 5.19. The fourth-order valence-electron chi connectivity index (χ4n) is 1.64. The van der Waals surface area contributed by atoms with Crippen molar-refractivity contribution in [3.8, 4) is 0 Å². The van der Waals surface area contributed by atoms with Crippen LogP contribution in [0.4, 0.5) is 18.0 Å². The maximum absolute atomic E-state index is 13.2. The lowest BCUT2D eigenvalue weighted by Gasteiger charge is -2.30. The van der Waals surface area contributed by atoms with Crippen molar-refractivity contribution in [3.05, 3.63) is 45.5 Å². The monoisotopic (exact) mass is 361 g/mol. The zero-order chi connectivity index (χ0) is 16.2. The molecule has 0 spiro atoms. The number of carbonyl (C=O) groups is 1. The van der Waals surface area contributed by atoms with Crippen molar-refractivity contribution in [2.75, 3.05) is 0 Å². The number of rotatable bonds is 4. The Morgan fingerprint density at radius 2 is 1.71 bits per heavy atom. The average molecular weight is 363 g/mol. The summed E-state index contributed by atoms with van der Waals surface area (Å²) >= 11 is 16.1. The number of benzene rings is 1. The molecule has 1 aromatic carbocycles. The van der Waals surface area contributed by atoms with Crippen LogP contribution < -0.4 is 0 Å². The molecule has 1 aromatic rings. The van der Waals surface area contributed by atoms with Gasteiger partial charge >= 0.3 is 12.3 Å². The fourth-order valence-corrected chi connectivity index (χ4v) is 2.01. The molecular formula is C12H9Cl3F3NO2. The Hall–Kier alpha value is -1.11. The first-order valence-corrected chi connectivity index (χ1v) is 6.61. The fraction of sp³-hybridized carbons (Fsp3) is 0.250. The molecule has 0 aromatic heterocycles. The maximum Gasteiger partial charge on any atom is 0.413 e. The molecule has 116 valence electrons. The van der Waals surface area contributed by atoms with Gasteiger partial charge in [0.25, 0.3) is 0 Å². The number of hydrogen-bond acceptors (Lipinski definition) is 1. The lowest BCUT2D eigenvalue weighted by Crippen LogP contribution is -2.48. The molecule has 0 aliphatic carbocycles. The molecule has 1 rings (SSSR count). The lowest BCUT2D eigenvalue weighted by atomic mass is 10.0. The van der Waals surface area contributed by atoms with E-state index in [1.807, 2.05) is 0 Å². The van der Waals surface area contributed by atoms with E-state index in [2.05, 4.69) is 0 Å². The molecule has 1 amide bonds. The van der Waals surface area contributed by atoms with Crippen molar-refractivity contribution in [1.29, 1.82) is 0 Å². The number of amides is 1. The molecule has 3 nitrogen and oxygen atoms in total. The van der Waals surface area contributed by atoms with Crippen molar-refractivity contribution in [2.24, 2.45) is 0 Å². The van der Waals surface area contributed by atoms with Crippen LogP contribution in [0.1, 0.15) is 5.56 Å². The number of alkyl halides is 3. The number of halogens is 6. The van der Waals surface area contributed by atoms with E-state index in [-0.39, 0.29) is 4.90 Å². The van der Waals surface area contributed by atoms with E-state index < -0.39 is 34.4 Å². The second-order valence-electron chi connectivity index (χ2n) is 3.95. The minimum Gasteiger partial charge on any atom is -0.465 e. The Labute approximate surface area is 133 Å². The minimum absolute atomic E-state index is 0.0934. The number of hydrogen-bond donors (Lipinski definition) is 1. The molecule has 0 heterocycles. The van der Waals surface area contributed by atoms with E-state index in [0.717, 1.165) is 0 Å². The quantitative estimate of drug-likeness (QED) is 0.767. The summed E-state index contributed by atoms with van der Waals surface area (Å²) < 4.78 is 38.7. The normalized spacial score (nSPS) is 12.7. The summed E-state index contributed by atoms with van der Waals surface area (Å²) in [5.41, 5.74) is 0.293. The SMILES string of the molecule is O=C(O)N(C(Cl)=C(Cl)Cl)[C@@H](Cc1ccccc1)C(F)(F)F. The van der Waals surface area contributed by atoms with Gasteiger partial charge in [0.05, 0.1) is 0 Å². The highest BCUT2D eigenvalue weighted by molar-refractivity contribution is 6.59. The van der Waals surface area contributed by atoms with Gasteiger partial charge in [0.2, 0.25) is 0 Å². The number of nitrogens with zero attached hydrogens (tertiary/aromatic N) is 1. The standard InChI is InChI=1S/C12H9Cl3F3NO2/c13-9(14)10(15)19(11(20)21)8(12(16,17)18)6-7-4-2-1-3-5-7/h1-5,8H,6H2,(H,20,21)/t8-/m0/s1. The number of carboxylic acid groups (broad SMARTS) is 1. The predicted octanol–water partition coefficient (Wildman–Crippen LogP) is 4.98. The molecule has 0 saturated carbocycles. The molecule has 21 heavy (non-hydrogen) atoms. The van der Waals surface area contributed by atoms with Gasteiger partial charge in [-0.3, -0.25) is 4.90 Å². The zero-order valence-corrected chi connectivity index (χ0v) is 12.5. The van der Waals surface area contributed by atoms with Crippen LogP contribution >= 0.6 is 34.8 Å². The van der Waals surface area contributed by atoms with Crippen molar-refractivity contribution in [1.82, 2.24) is 4.90 Å². The Morgan fingerprint density at radius 3 is 2.10 bits per heavy atom. The van der Waals surface area contributed by atoms with E-state index in [0.29, 0.717) is 5.56 Å². The molecule has 0 saturated heterocycles. The van der Waals surface area contributed by atoms with Crippen LogP contribution in [0.5, 0.6) is 0 Å². The van der Waals surface area contributed by atoms with Gasteiger partial charge in [-0.25, -0.2) is 4.79 Å². The first-order valence-electron chi connectivity index (χ1n) is 5.48.